The fourth-order valence-corrected chi connectivity index (χ4v) is 4.85. The molecule has 1 aliphatic rings. The molecule has 3 amide bonds. The molecule has 1 fully saturated rings. The second-order valence-corrected chi connectivity index (χ2v) is 9.00. The second-order valence-electron chi connectivity index (χ2n) is 7.16. The van der Waals surface area contributed by atoms with E-state index < -0.39 is 17.1 Å². The molecule has 1 N–H and O–H groups in total. The number of halogens is 1. The molecular weight excluding hydrogens is 506 g/mol. The molecule has 0 bridgehead atoms. The maximum absolute atomic E-state index is 12.8. The molecule has 0 aliphatic carbocycles. The number of carbonyl (C=O) groups is 3. The van der Waals surface area contributed by atoms with Crippen LogP contribution >= 0.6 is 27.7 Å². The molecule has 0 spiro atoms. The molecule has 33 heavy (non-hydrogen) atoms. The first-order valence-corrected chi connectivity index (χ1v) is 12.3. The van der Waals surface area contributed by atoms with Crippen molar-refractivity contribution < 1.29 is 19.1 Å². The maximum atomic E-state index is 12.8. The minimum atomic E-state index is -0.476. The van der Waals surface area contributed by atoms with Gasteiger partial charge in [0.1, 0.15) is 12.3 Å². The number of imide groups is 1. The molecule has 1 saturated heterocycles. The van der Waals surface area contributed by atoms with E-state index in [2.05, 4.69) is 40.0 Å². The average Bonchev–Trinajstić information content (AvgIpc) is 3.04. The van der Waals surface area contributed by atoms with Gasteiger partial charge in [-0.15, -0.1) is 0 Å². The fourth-order valence-electron chi connectivity index (χ4n) is 3.37. The van der Waals surface area contributed by atoms with Crippen molar-refractivity contribution in [2.75, 3.05) is 36.5 Å². The Morgan fingerprint density at radius 3 is 2.42 bits per heavy atom. The predicted octanol–water partition coefficient (Wildman–Crippen LogP) is 5.37. The van der Waals surface area contributed by atoms with Crippen LogP contribution in [0.2, 0.25) is 0 Å². The zero-order valence-electron chi connectivity index (χ0n) is 18.8. The standard InChI is InChI=1S/C24H26BrN3O4S/c1-4-27(5-2)20-12-7-16(13-19(20)25)14-21-23(30)28(24(31)33-21)15-22(29)26-17-8-10-18(11-9-17)32-6-3/h7-14H,4-6,15H2,1-3H3,(H,26,29)/b21-14+. The largest absolute Gasteiger partial charge is 0.494 e. The van der Waals surface area contributed by atoms with E-state index in [1.165, 1.54) is 0 Å². The Labute approximate surface area is 206 Å². The molecule has 2 aromatic rings. The zero-order chi connectivity index (χ0) is 24.0. The van der Waals surface area contributed by atoms with Gasteiger partial charge in [-0.25, -0.2) is 0 Å². The van der Waals surface area contributed by atoms with Gasteiger partial charge in [-0.2, -0.15) is 0 Å². The highest BCUT2D eigenvalue weighted by Crippen LogP contribution is 2.34. The lowest BCUT2D eigenvalue weighted by Gasteiger charge is -2.22. The third kappa shape index (κ3) is 6.17. The number of thioether (sulfide) groups is 1. The summed E-state index contributed by atoms with van der Waals surface area (Å²) in [4.78, 5) is 41.0. The first kappa shape index (κ1) is 24.9. The van der Waals surface area contributed by atoms with Gasteiger partial charge < -0.3 is 15.0 Å². The molecule has 0 aromatic heterocycles. The zero-order valence-corrected chi connectivity index (χ0v) is 21.2. The summed E-state index contributed by atoms with van der Waals surface area (Å²) in [6, 6.07) is 12.7. The maximum Gasteiger partial charge on any atom is 0.294 e. The summed E-state index contributed by atoms with van der Waals surface area (Å²) in [5.74, 6) is -0.229. The van der Waals surface area contributed by atoms with Crippen molar-refractivity contribution in [3.05, 3.63) is 57.4 Å². The Kier molecular flexibility index (Phi) is 8.57. The van der Waals surface area contributed by atoms with Crippen LogP contribution in [0.1, 0.15) is 26.3 Å². The first-order valence-electron chi connectivity index (χ1n) is 10.7. The van der Waals surface area contributed by atoms with Gasteiger partial charge in [0.05, 0.1) is 17.2 Å². The highest BCUT2D eigenvalue weighted by Gasteiger charge is 2.36. The Morgan fingerprint density at radius 2 is 1.82 bits per heavy atom. The van der Waals surface area contributed by atoms with E-state index in [0.717, 1.165) is 45.5 Å². The molecule has 1 heterocycles. The number of rotatable bonds is 9. The minimum absolute atomic E-state index is 0.288. The van der Waals surface area contributed by atoms with E-state index >= 15 is 0 Å². The summed E-state index contributed by atoms with van der Waals surface area (Å²) < 4.78 is 6.29. The predicted molar refractivity (Wildman–Crippen MR) is 137 cm³/mol. The van der Waals surface area contributed by atoms with Gasteiger partial charge >= 0.3 is 0 Å². The van der Waals surface area contributed by atoms with Gasteiger partial charge in [0.15, 0.2) is 0 Å². The van der Waals surface area contributed by atoms with Crippen LogP contribution in [-0.4, -0.2) is 48.2 Å². The molecule has 3 rings (SSSR count). The van der Waals surface area contributed by atoms with Gasteiger partial charge in [-0.1, -0.05) is 6.07 Å². The molecular formula is C24H26BrN3O4S. The van der Waals surface area contributed by atoms with E-state index in [4.69, 9.17) is 4.74 Å². The van der Waals surface area contributed by atoms with Crippen molar-refractivity contribution in [3.8, 4) is 5.75 Å². The molecule has 0 atom stereocenters. The molecule has 1 aliphatic heterocycles. The Morgan fingerprint density at radius 1 is 1.12 bits per heavy atom. The molecule has 0 saturated carbocycles. The number of ether oxygens (including phenoxy) is 1. The molecule has 174 valence electrons. The van der Waals surface area contributed by atoms with E-state index in [-0.39, 0.29) is 11.4 Å². The first-order chi connectivity index (χ1) is 15.9. The highest BCUT2D eigenvalue weighted by atomic mass is 79.9. The summed E-state index contributed by atoms with van der Waals surface area (Å²) in [5.41, 5.74) is 2.42. The normalized spacial score (nSPS) is 14.7. The van der Waals surface area contributed by atoms with E-state index in [0.29, 0.717) is 18.0 Å². The molecule has 7 nitrogen and oxygen atoms in total. The van der Waals surface area contributed by atoms with Crippen molar-refractivity contribution in [2.24, 2.45) is 0 Å². The van der Waals surface area contributed by atoms with E-state index in [1.54, 1.807) is 30.3 Å². The topological polar surface area (TPSA) is 79.0 Å². The van der Waals surface area contributed by atoms with E-state index in [9.17, 15) is 14.4 Å². The number of anilines is 2. The SMILES string of the molecule is CCOc1ccc(NC(=O)CN2C(=O)S/C(=C/c3ccc(N(CC)CC)c(Br)c3)C2=O)cc1. The summed E-state index contributed by atoms with van der Waals surface area (Å²) in [6.07, 6.45) is 1.67. The van der Waals surface area contributed by atoms with Crippen LogP contribution in [0.3, 0.4) is 0 Å². The molecule has 0 unspecified atom stereocenters. The van der Waals surface area contributed by atoms with Crippen molar-refractivity contribution in [3.63, 3.8) is 0 Å². The number of amides is 3. The highest BCUT2D eigenvalue weighted by molar-refractivity contribution is 9.10. The van der Waals surface area contributed by atoms with Crippen molar-refractivity contribution in [1.82, 2.24) is 4.90 Å². The summed E-state index contributed by atoms with van der Waals surface area (Å²) in [7, 11) is 0. The Hall–Kier alpha value is -2.78. The van der Waals surface area contributed by atoms with Crippen molar-refractivity contribution in [2.45, 2.75) is 20.8 Å². The third-order valence-corrected chi connectivity index (χ3v) is 6.54. The van der Waals surface area contributed by atoms with Gasteiger partial charge in [-0.3, -0.25) is 19.3 Å². The lowest BCUT2D eigenvalue weighted by Crippen LogP contribution is -2.36. The Bertz CT molecular complexity index is 1070. The van der Waals surface area contributed by atoms with Crippen LogP contribution in [0, 0.1) is 0 Å². The van der Waals surface area contributed by atoms with Gasteiger partial charge in [0, 0.05) is 23.2 Å². The summed E-state index contributed by atoms with van der Waals surface area (Å²) in [5, 5.41) is 2.23. The lowest BCUT2D eigenvalue weighted by molar-refractivity contribution is -0.127. The monoisotopic (exact) mass is 531 g/mol. The number of nitrogens with one attached hydrogen (secondary N) is 1. The van der Waals surface area contributed by atoms with Gasteiger partial charge in [0.25, 0.3) is 11.1 Å². The average molecular weight is 532 g/mol. The van der Waals surface area contributed by atoms with Gasteiger partial charge in [-0.05, 0) is 96.5 Å². The number of hydrogen-bond donors (Lipinski definition) is 1. The quantitative estimate of drug-likeness (QED) is 0.438. The fraction of sp³-hybridized carbons (Fsp3) is 0.292. The summed E-state index contributed by atoms with van der Waals surface area (Å²) >= 11 is 4.43. The minimum Gasteiger partial charge on any atom is -0.494 e. The molecule has 9 heteroatoms. The smallest absolute Gasteiger partial charge is 0.294 e. The van der Waals surface area contributed by atoms with Crippen LogP contribution in [0.4, 0.5) is 16.2 Å². The Balaban J connectivity index is 1.67. The molecule has 0 radical (unpaired) electrons. The summed E-state index contributed by atoms with van der Waals surface area (Å²) in [6.45, 7) is 8.03. The number of benzene rings is 2. The van der Waals surface area contributed by atoms with Crippen LogP contribution in [0.25, 0.3) is 6.08 Å². The van der Waals surface area contributed by atoms with Crippen LogP contribution in [0.15, 0.2) is 51.8 Å². The van der Waals surface area contributed by atoms with Crippen LogP contribution in [-0.2, 0) is 9.59 Å². The van der Waals surface area contributed by atoms with Crippen LogP contribution < -0.4 is 15.0 Å². The number of hydrogen-bond acceptors (Lipinski definition) is 6. The molecule has 2 aromatic carbocycles. The number of nitrogens with zero attached hydrogens (tertiary/aromatic N) is 2. The third-order valence-electron chi connectivity index (χ3n) is 5.00. The van der Waals surface area contributed by atoms with E-state index in [1.807, 2.05) is 25.1 Å². The lowest BCUT2D eigenvalue weighted by atomic mass is 10.1. The second kappa shape index (κ2) is 11.4. The van der Waals surface area contributed by atoms with Gasteiger partial charge in [0.2, 0.25) is 5.91 Å². The van der Waals surface area contributed by atoms with Crippen molar-refractivity contribution >= 4 is 62.2 Å². The van der Waals surface area contributed by atoms with Crippen molar-refractivity contribution in [1.29, 1.82) is 0 Å². The van der Waals surface area contributed by atoms with Crippen LogP contribution in [0.5, 0.6) is 5.75 Å². The number of carbonyl (C=O) groups excluding carboxylic acids is 3.